The van der Waals surface area contributed by atoms with E-state index in [1.807, 2.05) is 0 Å². The van der Waals surface area contributed by atoms with Gasteiger partial charge in [0, 0.05) is 0 Å². The SMILES string of the molecule is O=C1CC(c2ccc(O)c(F)c2)Oc2ccc(F)cc21. The van der Waals surface area contributed by atoms with E-state index in [9.17, 15) is 13.6 Å². The molecule has 0 aliphatic carbocycles. The zero-order valence-corrected chi connectivity index (χ0v) is 10.3. The molecule has 5 heteroatoms. The molecule has 102 valence electrons. The van der Waals surface area contributed by atoms with Gasteiger partial charge >= 0.3 is 0 Å². The third kappa shape index (κ3) is 2.11. The Bertz CT molecular complexity index is 698. The normalized spacial score (nSPS) is 17.5. The number of phenols is 1. The second-order valence-corrected chi connectivity index (χ2v) is 4.59. The van der Waals surface area contributed by atoms with Crippen LogP contribution >= 0.6 is 0 Å². The predicted molar refractivity (Wildman–Crippen MR) is 66.8 cm³/mol. The second-order valence-electron chi connectivity index (χ2n) is 4.59. The Hall–Kier alpha value is -2.43. The van der Waals surface area contributed by atoms with Crippen molar-refractivity contribution in [3.05, 3.63) is 59.2 Å². The highest BCUT2D eigenvalue weighted by molar-refractivity contribution is 6.00. The molecule has 1 atom stereocenters. The molecule has 0 saturated carbocycles. The molecule has 0 aromatic heterocycles. The van der Waals surface area contributed by atoms with Gasteiger partial charge in [-0.05, 0) is 35.9 Å². The summed E-state index contributed by atoms with van der Waals surface area (Å²) in [5, 5.41) is 9.16. The molecule has 1 N–H and O–H groups in total. The summed E-state index contributed by atoms with van der Waals surface area (Å²) in [5.74, 6) is -1.72. The number of fused-ring (bicyclic) bond motifs is 1. The summed E-state index contributed by atoms with van der Waals surface area (Å²) in [6.07, 6.45) is -0.642. The van der Waals surface area contributed by atoms with E-state index in [0.29, 0.717) is 5.56 Å². The number of hydrogen-bond donors (Lipinski definition) is 1. The number of carbonyl (C=O) groups excluding carboxylic acids is 1. The number of hydrogen-bond acceptors (Lipinski definition) is 3. The summed E-state index contributed by atoms with van der Waals surface area (Å²) in [4.78, 5) is 12.0. The third-order valence-electron chi connectivity index (χ3n) is 3.23. The van der Waals surface area contributed by atoms with Gasteiger partial charge in [-0.1, -0.05) is 6.07 Å². The molecule has 0 amide bonds. The van der Waals surface area contributed by atoms with Crippen molar-refractivity contribution in [3.63, 3.8) is 0 Å². The molecule has 1 aliphatic heterocycles. The van der Waals surface area contributed by atoms with Crippen molar-refractivity contribution in [1.82, 2.24) is 0 Å². The first kappa shape index (κ1) is 12.6. The first-order valence-electron chi connectivity index (χ1n) is 6.02. The van der Waals surface area contributed by atoms with E-state index in [1.54, 1.807) is 0 Å². The van der Waals surface area contributed by atoms with Crippen LogP contribution in [0.25, 0.3) is 0 Å². The average molecular weight is 276 g/mol. The molecule has 2 aromatic rings. The van der Waals surface area contributed by atoms with E-state index in [-0.39, 0.29) is 23.5 Å². The molecule has 2 aromatic carbocycles. The molecule has 20 heavy (non-hydrogen) atoms. The van der Waals surface area contributed by atoms with Crippen molar-refractivity contribution in [3.8, 4) is 11.5 Å². The monoisotopic (exact) mass is 276 g/mol. The summed E-state index contributed by atoms with van der Waals surface area (Å²) in [7, 11) is 0. The van der Waals surface area contributed by atoms with Gasteiger partial charge in [-0.3, -0.25) is 4.79 Å². The molecular weight excluding hydrogens is 266 g/mol. The number of benzene rings is 2. The standard InChI is InChI=1S/C15H10F2O3/c16-9-2-4-14-10(6-9)13(19)7-15(20-14)8-1-3-12(18)11(17)5-8/h1-6,15,18H,7H2. The minimum atomic E-state index is -0.775. The van der Waals surface area contributed by atoms with Crippen LogP contribution in [0.2, 0.25) is 0 Å². The lowest BCUT2D eigenvalue weighted by atomic mass is 9.96. The highest BCUT2D eigenvalue weighted by Crippen LogP contribution is 2.36. The van der Waals surface area contributed by atoms with E-state index in [0.717, 1.165) is 12.1 Å². The van der Waals surface area contributed by atoms with Gasteiger partial charge in [-0.25, -0.2) is 8.78 Å². The largest absolute Gasteiger partial charge is 0.505 e. The van der Waals surface area contributed by atoms with E-state index in [4.69, 9.17) is 9.84 Å². The Balaban J connectivity index is 1.97. The lowest BCUT2D eigenvalue weighted by Gasteiger charge is -2.25. The first-order chi connectivity index (χ1) is 9.54. The topological polar surface area (TPSA) is 46.5 Å². The average Bonchev–Trinajstić information content (AvgIpc) is 2.42. The smallest absolute Gasteiger partial charge is 0.170 e. The maximum absolute atomic E-state index is 13.3. The fourth-order valence-corrected chi connectivity index (χ4v) is 2.21. The number of rotatable bonds is 1. The van der Waals surface area contributed by atoms with Crippen molar-refractivity contribution in [2.75, 3.05) is 0 Å². The van der Waals surface area contributed by atoms with Crippen LogP contribution in [0.1, 0.15) is 28.4 Å². The summed E-state index contributed by atoms with van der Waals surface area (Å²) in [5.41, 5.74) is 0.643. The van der Waals surface area contributed by atoms with Crippen molar-refractivity contribution in [2.24, 2.45) is 0 Å². The summed E-state index contributed by atoms with van der Waals surface area (Å²) in [6.45, 7) is 0. The van der Waals surface area contributed by atoms with Crippen molar-refractivity contribution in [1.29, 1.82) is 0 Å². The number of halogens is 2. The van der Waals surface area contributed by atoms with E-state index in [2.05, 4.69) is 0 Å². The van der Waals surface area contributed by atoms with Crippen LogP contribution in [0.3, 0.4) is 0 Å². The summed E-state index contributed by atoms with van der Waals surface area (Å²) in [6, 6.07) is 7.54. The molecule has 1 unspecified atom stereocenters. The molecular formula is C15H10F2O3. The van der Waals surface area contributed by atoms with Crippen LogP contribution in [0.4, 0.5) is 8.78 Å². The molecule has 3 nitrogen and oxygen atoms in total. The van der Waals surface area contributed by atoms with E-state index < -0.39 is 23.5 Å². The van der Waals surface area contributed by atoms with Crippen molar-refractivity contribution >= 4 is 5.78 Å². The second kappa shape index (κ2) is 4.59. The zero-order valence-electron chi connectivity index (χ0n) is 10.3. The first-order valence-corrected chi connectivity index (χ1v) is 6.02. The van der Waals surface area contributed by atoms with Gasteiger partial charge in [0.15, 0.2) is 17.3 Å². The molecule has 0 saturated heterocycles. The Kier molecular flexibility index (Phi) is 2.89. The Labute approximate surface area is 113 Å². The van der Waals surface area contributed by atoms with Gasteiger partial charge in [-0.2, -0.15) is 0 Å². The molecule has 0 bridgehead atoms. The predicted octanol–water partition coefficient (Wildman–Crippen LogP) is 3.38. The highest BCUT2D eigenvalue weighted by Gasteiger charge is 2.28. The highest BCUT2D eigenvalue weighted by atomic mass is 19.1. The molecule has 1 heterocycles. The lowest BCUT2D eigenvalue weighted by molar-refractivity contribution is 0.0848. The van der Waals surface area contributed by atoms with Gasteiger partial charge in [-0.15, -0.1) is 0 Å². The number of phenolic OH excluding ortho intramolecular Hbond substituents is 1. The fraction of sp³-hybridized carbons (Fsp3) is 0.133. The molecule has 0 fully saturated rings. The summed E-state index contributed by atoms with van der Waals surface area (Å²) < 4.78 is 32.0. The maximum atomic E-state index is 13.3. The van der Waals surface area contributed by atoms with Gasteiger partial charge < -0.3 is 9.84 Å². The Morgan fingerprint density at radius 3 is 2.70 bits per heavy atom. The number of carbonyl (C=O) groups is 1. The van der Waals surface area contributed by atoms with Gasteiger partial charge in [0.1, 0.15) is 17.7 Å². The van der Waals surface area contributed by atoms with E-state index >= 15 is 0 Å². The minimum absolute atomic E-state index is 0.000663. The van der Waals surface area contributed by atoms with Crippen molar-refractivity contribution in [2.45, 2.75) is 12.5 Å². The van der Waals surface area contributed by atoms with Crippen LogP contribution in [0.15, 0.2) is 36.4 Å². The van der Waals surface area contributed by atoms with Crippen molar-refractivity contribution < 1.29 is 23.4 Å². The summed E-state index contributed by atoms with van der Waals surface area (Å²) >= 11 is 0. The molecule has 0 spiro atoms. The minimum Gasteiger partial charge on any atom is -0.505 e. The lowest BCUT2D eigenvalue weighted by Crippen LogP contribution is -2.20. The van der Waals surface area contributed by atoms with Crippen LogP contribution in [-0.4, -0.2) is 10.9 Å². The van der Waals surface area contributed by atoms with E-state index in [1.165, 1.54) is 24.3 Å². The third-order valence-corrected chi connectivity index (χ3v) is 3.23. The molecule has 1 aliphatic rings. The number of Topliss-reactive ketones (excluding diaryl/α,β-unsaturated/α-hetero) is 1. The zero-order chi connectivity index (χ0) is 14.3. The van der Waals surface area contributed by atoms with Crippen LogP contribution in [0.5, 0.6) is 11.5 Å². The van der Waals surface area contributed by atoms with Gasteiger partial charge in [0.05, 0.1) is 12.0 Å². The van der Waals surface area contributed by atoms with Gasteiger partial charge in [0.2, 0.25) is 0 Å². The van der Waals surface area contributed by atoms with Crippen LogP contribution in [-0.2, 0) is 0 Å². The van der Waals surface area contributed by atoms with Crippen LogP contribution < -0.4 is 4.74 Å². The number of ether oxygens (including phenoxy) is 1. The van der Waals surface area contributed by atoms with Crippen LogP contribution in [0, 0.1) is 11.6 Å². The number of aromatic hydroxyl groups is 1. The quantitative estimate of drug-likeness (QED) is 0.868. The molecule has 0 radical (unpaired) electrons. The molecule has 3 rings (SSSR count). The Morgan fingerprint density at radius 2 is 1.95 bits per heavy atom. The fourth-order valence-electron chi connectivity index (χ4n) is 2.21. The van der Waals surface area contributed by atoms with Gasteiger partial charge in [0.25, 0.3) is 0 Å². The Morgan fingerprint density at radius 1 is 1.15 bits per heavy atom. The maximum Gasteiger partial charge on any atom is 0.170 e. The number of ketones is 1.